The Kier molecular flexibility index (Phi) is 4.52. The van der Waals surface area contributed by atoms with Crippen LogP contribution in [0.4, 0.5) is 0 Å². The van der Waals surface area contributed by atoms with Crippen LogP contribution in [-0.4, -0.2) is 0 Å². The van der Waals surface area contributed by atoms with Crippen LogP contribution < -0.4 is 0 Å². The predicted octanol–water partition coefficient (Wildman–Crippen LogP) is 3.09. The summed E-state index contributed by atoms with van der Waals surface area (Å²) in [5.74, 6) is 0. The molecule has 0 saturated heterocycles. The van der Waals surface area contributed by atoms with Crippen molar-refractivity contribution >= 4 is 15.9 Å². The number of hydrogen-bond donors (Lipinski definition) is 0. The highest BCUT2D eigenvalue weighted by Gasteiger charge is 1.75. The van der Waals surface area contributed by atoms with Gasteiger partial charge in [0.15, 0.2) is 0 Å². The second kappa shape index (κ2) is 4.38. The Morgan fingerprint density at radius 3 is 2.43 bits per heavy atom. The maximum absolute atomic E-state index is 3.34. The van der Waals surface area contributed by atoms with Crippen molar-refractivity contribution in [1.82, 2.24) is 0 Å². The number of unbranched alkanes of at least 4 members (excludes halogenated alkanes) is 1. The molecule has 0 N–H and O–H groups in total. The molecule has 42 valence electrons. The lowest BCUT2D eigenvalue weighted by Crippen LogP contribution is -1.60. The molecule has 0 spiro atoms. The van der Waals surface area contributed by atoms with Gasteiger partial charge in [0.05, 0.1) is 0 Å². The molecule has 0 aromatic heterocycles. The lowest BCUT2D eigenvalue weighted by molar-refractivity contribution is 0.956. The molecule has 0 radical (unpaired) electrons. The topological polar surface area (TPSA) is 0 Å². The second-order valence-corrected chi connectivity index (χ2v) is 2.83. The normalized spacial score (nSPS) is 12.1. The van der Waals surface area contributed by atoms with Gasteiger partial charge in [-0.25, -0.2) is 0 Å². The molecule has 1 heteroatoms. The van der Waals surface area contributed by atoms with Crippen molar-refractivity contribution in [2.45, 2.75) is 26.7 Å². The van der Waals surface area contributed by atoms with Gasteiger partial charge in [-0.2, -0.15) is 0 Å². The van der Waals surface area contributed by atoms with Crippen LogP contribution in [0.15, 0.2) is 10.6 Å². The van der Waals surface area contributed by atoms with E-state index in [2.05, 4.69) is 35.9 Å². The minimum atomic E-state index is 1.19. The Morgan fingerprint density at radius 2 is 2.29 bits per heavy atom. The highest BCUT2D eigenvalue weighted by molar-refractivity contribution is 9.11. The van der Waals surface area contributed by atoms with Gasteiger partial charge in [-0.1, -0.05) is 35.4 Å². The van der Waals surface area contributed by atoms with Gasteiger partial charge in [-0.05, 0) is 17.8 Å². The molecule has 0 heterocycles. The van der Waals surface area contributed by atoms with Crippen LogP contribution in [0.5, 0.6) is 0 Å². The average Bonchev–Trinajstić information content (AvgIpc) is 1.61. The van der Waals surface area contributed by atoms with Crippen molar-refractivity contribution in [2.75, 3.05) is 0 Å². The monoisotopic (exact) mass is 162 g/mol. The third-order valence-corrected chi connectivity index (χ3v) is 1.04. The zero-order valence-electron chi connectivity index (χ0n) is 4.87. The van der Waals surface area contributed by atoms with E-state index < -0.39 is 0 Å². The van der Waals surface area contributed by atoms with Crippen LogP contribution in [-0.2, 0) is 0 Å². The van der Waals surface area contributed by atoms with Crippen LogP contribution in [0.3, 0.4) is 0 Å². The fourth-order valence-electron chi connectivity index (χ4n) is 0.343. The first-order valence-corrected chi connectivity index (χ1v) is 3.39. The number of halogens is 1. The first-order chi connectivity index (χ1) is 3.27. The van der Waals surface area contributed by atoms with Crippen molar-refractivity contribution in [3.05, 3.63) is 10.6 Å². The molecule has 0 fully saturated rings. The maximum atomic E-state index is 3.34. The van der Waals surface area contributed by atoms with E-state index in [0.717, 1.165) is 0 Å². The summed E-state index contributed by atoms with van der Waals surface area (Å²) in [5.41, 5.74) is 0. The van der Waals surface area contributed by atoms with Crippen LogP contribution in [0.2, 0.25) is 0 Å². The average molecular weight is 163 g/mol. The van der Waals surface area contributed by atoms with Gasteiger partial charge >= 0.3 is 0 Å². The summed E-state index contributed by atoms with van der Waals surface area (Å²) < 4.78 is 1.24. The highest BCUT2D eigenvalue weighted by atomic mass is 79.9. The molecule has 0 unspecified atom stereocenters. The van der Waals surface area contributed by atoms with Gasteiger partial charge in [0, 0.05) is 0 Å². The van der Waals surface area contributed by atoms with E-state index in [9.17, 15) is 0 Å². The minimum Gasteiger partial charge on any atom is -0.0747 e. The largest absolute Gasteiger partial charge is 0.0747 e. The lowest BCUT2D eigenvalue weighted by Gasteiger charge is -1.83. The molecule has 0 rings (SSSR count). The third kappa shape index (κ3) is 6.22. The van der Waals surface area contributed by atoms with Crippen LogP contribution >= 0.6 is 15.9 Å². The zero-order chi connectivity index (χ0) is 5.70. The summed E-state index contributed by atoms with van der Waals surface area (Å²) in [6, 6.07) is 0. The molecule has 0 nitrogen and oxygen atoms in total. The van der Waals surface area contributed by atoms with Gasteiger partial charge in [-0.15, -0.1) is 0 Å². The van der Waals surface area contributed by atoms with E-state index in [4.69, 9.17) is 0 Å². The summed E-state index contributed by atoms with van der Waals surface area (Å²) in [4.78, 5) is 0. The molecule has 0 aliphatic heterocycles. The van der Waals surface area contributed by atoms with Crippen molar-refractivity contribution < 1.29 is 0 Å². The molecule has 0 aromatic rings. The standard InChI is InChI=1S/C6H11Br/c1-3-4-5-6(2)7/h5H,3-4H2,1-2H3/b6-5+. The molecule has 0 bridgehead atoms. The molecular formula is C6H11Br. The number of hydrogen-bond acceptors (Lipinski definition) is 0. The summed E-state index contributed by atoms with van der Waals surface area (Å²) in [6.45, 7) is 4.22. The molecule has 7 heavy (non-hydrogen) atoms. The Labute approximate surface area is 53.7 Å². The lowest BCUT2D eigenvalue weighted by atomic mass is 10.3. The molecule has 0 aromatic carbocycles. The molecule has 0 amide bonds. The summed E-state index contributed by atoms with van der Waals surface area (Å²) in [7, 11) is 0. The minimum absolute atomic E-state index is 1.19. The van der Waals surface area contributed by atoms with Gasteiger partial charge in [0.2, 0.25) is 0 Å². The van der Waals surface area contributed by atoms with Gasteiger partial charge in [-0.3, -0.25) is 0 Å². The predicted molar refractivity (Wildman–Crippen MR) is 37.6 cm³/mol. The van der Waals surface area contributed by atoms with Gasteiger partial charge in [0.25, 0.3) is 0 Å². The zero-order valence-corrected chi connectivity index (χ0v) is 6.46. The van der Waals surface area contributed by atoms with Crippen molar-refractivity contribution in [2.24, 2.45) is 0 Å². The van der Waals surface area contributed by atoms with E-state index >= 15 is 0 Å². The van der Waals surface area contributed by atoms with E-state index in [1.165, 1.54) is 17.3 Å². The maximum Gasteiger partial charge on any atom is -0.0120 e. The number of rotatable bonds is 2. The van der Waals surface area contributed by atoms with Crippen LogP contribution in [0.25, 0.3) is 0 Å². The highest BCUT2D eigenvalue weighted by Crippen LogP contribution is 2.03. The Bertz CT molecular complexity index is 60.6. The Hall–Kier alpha value is 0.220. The van der Waals surface area contributed by atoms with Crippen LogP contribution in [0, 0.1) is 0 Å². The molecule has 0 aliphatic rings. The van der Waals surface area contributed by atoms with E-state index in [0.29, 0.717) is 0 Å². The van der Waals surface area contributed by atoms with E-state index in [-0.39, 0.29) is 0 Å². The SMILES string of the molecule is CCC/C=C(\C)Br. The first kappa shape index (κ1) is 7.22. The summed E-state index contributed by atoms with van der Waals surface area (Å²) in [6.07, 6.45) is 4.61. The smallest absolute Gasteiger partial charge is 0.0120 e. The van der Waals surface area contributed by atoms with E-state index in [1.807, 2.05) is 0 Å². The molecule has 0 atom stereocenters. The quantitative estimate of drug-likeness (QED) is 0.586. The molecule has 0 aliphatic carbocycles. The van der Waals surface area contributed by atoms with Crippen molar-refractivity contribution in [1.29, 1.82) is 0 Å². The summed E-state index contributed by atoms with van der Waals surface area (Å²) in [5, 5.41) is 0. The van der Waals surface area contributed by atoms with Crippen LogP contribution in [0.1, 0.15) is 26.7 Å². The van der Waals surface area contributed by atoms with Crippen molar-refractivity contribution in [3.63, 3.8) is 0 Å². The Balaban J connectivity index is 3.08. The number of allylic oxidation sites excluding steroid dienone is 2. The second-order valence-electron chi connectivity index (χ2n) is 1.58. The Morgan fingerprint density at radius 1 is 1.71 bits per heavy atom. The molecule has 0 saturated carbocycles. The summed E-state index contributed by atoms with van der Waals surface area (Å²) >= 11 is 3.34. The van der Waals surface area contributed by atoms with Gasteiger partial charge < -0.3 is 0 Å². The van der Waals surface area contributed by atoms with Gasteiger partial charge in [0.1, 0.15) is 0 Å². The fourth-order valence-corrected chi connectivity index (χ4v) is 0.572. The van der Waals surface area contributed by atoms with E-state index in [1.54, 1.807) is 0 Å². The first-order valence-electron chi connectivity index (χ1n) is 2.59. The fraction of sp³-hybridized carbons (Fsp3) is 0.667. The molecular weight excluding hydrogens is 152 g/mol. The third-order valence-electron chi connectivity index (χ3n) is 0.714. The van der Waals surface area contributed by atoms with Crippen molar-refractivity contribution in [3.8, 4) is 0 Å².